The molecule has 1 atom stereocenters. The second kappa shape index (κ2) is 6.75. The summed E-state index contributed by atoms with van der Waals surface area (Å²) in [5, 5.41) is 12.2. The molecule has 0 bridgehead atoms. The van der Waals surface area contributed by atoms with Gasteiger partial charge in [-0.1, -0.05) is 29.8 Å². The van der Waals surface area contributed by atoms with Crippen LogP contribution >= 0.6 is 0 Å². The third-order valence-electron chi connectivity index (χ3n) is 2.90. The van der Waals surface area contributed by atoms with Crippen molar-refractivity contribution >= 4 is 12.6 Å². The summed E-state index contributed by atoms with van der Waals surface area (Å²) in [7, 11) is -0.350. The summed E-state index contributed by atoms with van der Waals surface area (Å²) in [6, 6.07) is 8.12. The van der Waals surface area contributed by atoms with Crippen molar-refractivity contribution in [3.63, 3.8) is 0 Å². The highest BCUT2D eigenvalue weighted by molar-refractivity contribution is 6.61. The summed E-state index contributed by atoms with van der Waals surface area (Å²) in [6.07, 6.45) is 1.80. The summed E-state index contributed by atoms with van der Waals surface area (Å²) < 4.78 is 11.0. The van der Waals surface area contributed by atoms with Crippen LogP contribution in [0.2, 0.25) is 0 Å². The molecule has 1 saturated heterocycles. The number of hydrogen-bond acceptors (Lipinski definition) is 4. The highest BCUT2D eigenvalue weighted by Crippen LogP contribution is 2.08. The second-order valence-corrected chi connectivity index (χ2v) is 4.95. The average Bonchev–Trinajstić information content (AvgIpc) is 2.88. The molecule has 5 heteroatoms. The number of aliphatic hydroxyl groups is 1. The third-order valence-corrected chi connectivity index (χ3v) is 2.90. The van der Waals surface area contributed by atoms with Gasteiger partial charge in [0.15, 0.2) is 0 Å². The Kier molecular flexibility index (Phi) is 5.02. The molecule has 19 heavy (non-hydrogen) atoms. The minimum atomic E-state index is -0.350. The van der Waals surface area contributed by atoms with Crippen molar-refractivity contribution in [1.82, 2.24) is 5.32 Å². The average molecular weight is 261 g/mol. The molecule has 1 heterocycles. The Labute approximate surface area is 114 Å². The van der Waals surface area contributed by atoms with Gasteiger partial charge in [0.05, 0.1) is 19.3 Å². The van der Waals surface area contributed by atoms with Gasteiger partial charge in [-0.2, -0.15) is 0 Å². The van der Waals surface area contributed by atoms with Crippen LogP contribution in [0.3, 0.4) is 0 Å². The highest BCUT2D eigenvalue weighted by atomic mass is 16.6. The molecule has 1 aromatic carbocycles. The maximum atomic E-state index is 9.00. The Morgan fingerprint density at radius 1 is 1.42 bits per heavy atom. The molecule has 0 saturated carbocycles. The molecule has 1 fully saturated rings. The van der Waals surface area contributed by atoms with E-state index in [1.807, 2.05) is 18.3 Å². The van der Waals surface area contributed by atoms with Gasteiger partial charge in [-0.05, 0) is 31.1 Å². The number of aliphatic hydroxyl groups excluding tert-OH is 1. The van der Waals surface area contributed by atoms with Crippen LogP contribution in [0.25, 0.3) is 0 Å². The number of allylic oxidation sites excluding steroid dienone is 1. The molecule has 1 unspecified atom stereocenters. The van der Waals surface area contributed by atoms with E-state index in [9.17, 15) is 0 Å². The predicted molar refractivity (Wildman–Crippen MR) is 76.0 cm³/mol. The zero-order valence-corrected chi connectivity index (χ0v) is 11.4. The first-order chi connectivity index (χ1) is 9.19. The summed E-state index contributed by atoms with van der Waals surface area (Å²) in [5.74, 6) is 0. The number of hydrogen-bond donors (Lipinski definition) is 2. The molecule has 0 amide bonds. The Balaban J connectivity index is 1.90. The van der Waals surface area contributed by atoms with E-state index in [0.29, 0.717) is 6.61 Å². The van der Waals surface area contributed by atoms with E-state index in [0.717, 1.165) is 12.0 Å². The van der Waals surface area contributed by atoms with E-state index in [-0.39, 0.29) is 19.8 Å². The van der Waals surface area contributed by atoms with Crippen LogP contribution in [-0.2, 0) is 15.9 Å². The molecule has 1 aliphatic heterocycles. The molecule has 0 spiro atoms. The lowest BCUT2D eigenvalue weighted by molar-refractivity contribution is 0.134. The quantitative estimate of drug-likeness (QED) is 0.770. The summed E-state index contributed by atoms with van der Waals surface area (Å²) in [5.41, 5.74) is 3.44. The Morgan fingerprint density at radius 3 is 2.74 bits per heavy atom. The molecule has 2 N–H and O–H groups in total. The van der Waals surface area contributed by atoms with E-state index >= 15 is 0 Å². The summed E-state index contributed by atoms with van der Waals surface area (Å²) in [6.45, 7) is 5.37. The Morgan fingerprint density at radius 2 is 2.16 bits per heavy atom. The molecule has 102 valence electrons. The van der Waals surface area contributed by atoms with Crippen LogP contribution < -0.4 is 10.8 Å². The molecule has 4 nitrogen and oxygen atoms in total. The summed E-state index contributed by atoms with van der Waals surface area (Å²) >= 11 is 0. The molecule has 1 aliphatic rings. The smallest absolute Gasteiger partial charge is 0.405 e. The van der Waals surface area contributed by atoms with Gasteiger partial charge in [0.1, 0.15) is 0 Å². The van der Waals surface area contributed by atoms with Gasteiger partial charge < -0.3 is 19.7 Å². The minimum absolute atomic E-state index is 0.00120. The van der Waals surface area contributed by atoms with Crippen molar-refractivity contribution in [3.05, 3.63) is 41.6 Å². The van der Waals surface area contributed by atoms with Crippen molar-refractivity contribution in [3.8, 4) is 0 Å². The molecule has 0 aromatic heterocycles. The monoisotopic (exact) mass is 261 g/mol. The fourth-order valence-electron chi connectivity index (χ4n) is 1.88. The largest absolute Gasteiger partial charge is 0.494 e. The van der Waals surface area contributed by atoms with E-state index in [2.05, 4.69) is 31.3 Å². The summed E-state index contributed by atoms with van der Waals surface area (Å²) in [4.78, 5) is 0. The third kappa shape index (κ3) is 4.09. The normalized spacial score (nSPS) is 18.5. The molecular weight excluding hydrogens is 241 g/mol. The van der Waals surface area contributed by atoms with Gasteiger partial charge in [-0.15, -0.1) is 0 Å². The lowest BCUT2D eigenvalue weighted by Crippen LogP contribution is -2.32. The fraction of sp³-hybridized carbons (Fsp3) is 0.429. The first-order valence-electron chi connectivity index (χ1n) is 6.52. The minimum Gasteiger partial charge on any atom is -0.405 e. The van der Waals surface area contributed by atoms with Crippen molar-refractivity contribution in [2.24, 2.45) is 0 Å². The maximum absolute atomic E-state index is 9.00. The molecular formula is C14H20BNO3. The lowest BCUT2D eigenvalue weighted by Gasteiger charge is -2.08. The van der Waals surface area contributed by atoms with Crippen LogP contribution in [0, 0.1) is 0 Å². The van der Waals surface area contributed by atoms with Gasteiger partial charge >= 0.3 is 7.12 Å². The van der Waals surface area contributed by atoms with Crippen LogP contribution in [-0.4, -0.2) is 31.5 Å². The number of nitrogens with one attached hydrogen (secondary N) is 1. The van der Waals surface area contributed by atoms with Crippen LogP contribution in [0.5, 0.6) is 0 Å². The van der Waals surface area contributed by atoms with E-state index in [1.54, 1.807) is 0 Å². The van der Waals surface area contributed by atoms with Gasteiger partial charge in [-0.3, -0.25) is 0 Å². The van der Waals surface area contributed by atoms with Crippen LogP contribution in [0.1, 0.15) is 19.4 Å². The molecule has 1 aromatic rings. The van der Waals surface area contributed by atoms with Crippen LogP contribution in [0.15, 0.2) is 36.0 Å². The lowest BCUT2D eigenvalue weighted by atomic mass is 9.79. The molecule has 2 rings (SSSR count). The first kappa shape index (κ1) is 14.1. The van der Waals surface area contributed by atoms with Crippen molar-refractivity contribution in [1.29, 1.82) is 0 Å². The fourth-order valence-corrected chi connectivity index (χ4v) is 1.88. The van der Waals surface area contributed by atoms with E-state index in [4.69, 9.17) is 14.4 Å². The van der Waals surface area contributed by atoms with Gasteiger partial charge in [-0.25, -0.2) is 0 Å². The second-order valence-electron chi connectivity index (χ2n) is 4.95. The van der Waals surface area contributed by atoms with Crippen molar-refractivity contribution in [2.75, 3.05) is 13.2 Å². The van der Waals surface area contributed by atoms with Gasteiger partial charge in [0.25, 0.3) is 0 Å². The zero-order chi connectivity index (χ0) is 13.7. The standard InChI is InChI=1S/C14H20BNO3/c1-11(2)7-16-8-12-3-5-13(6-4-12)15-18-10-14(9-17)19-15/h3-7,14,16-17H,8-10H2,1-2H3. The molecule has 0 radical (unpaired) electrons. The van der Waals surface area contributed by atoms with Gasteiger partial charge in [0, 0.05) is 6.54 Å². The van der Waals surface area contributed by atoms with Crippen molar-refractivity contribution < 1.29 is 14.4 Å². The Bertz CT molecular complexity index is 429. The first-order valence-corrected chi connectivity index (χ1v) is 6.52. The predicted octanol–water partition coefficient (Wildman–Crippen LogP) is 0.803. The van der Waals surface area contributed by atoms with Crippen LogP contribution in [0.4, 0.5) is 0 Å². The number of rotatable bonds is 5. The molecule has 0 aliphatic carbocycles. The van der Waals surface area contributed by atoms with Crippen molar-refractivity contribution in [2.45, 2.75) is 26.5 Å². The van der Waals surface area contributed by atoms with E-state index < -0.39 is 0 Å². The Hall–Kier alpha value is -1.30. The topological polar surface area (TPSA) is 50.7 Å². The van der Waals surface area contributed by atoms with Gasteiger partial charge in [0.2, 0.25) is 0 Å². The van der Waals surface area contributed by atoms with E-state index in [1.165, 1.54) is 11.1 Å². The number of benzene rings is 1. The highest BCUT2D eigenvalue weighted by Gasteiger charge is 2.32. The SMILES string of the molecule is CC(C)=CNCc1ccc(B2OCC(CO)O2)cc1. The zero-order valence-electron chi connectivity index (χ0n) is 11.4. The maximum Gasteiger partial charge on any atom is 0.494 e.